The van der Waals surface area contributed by atoms with E-state index in [4.69, 9.17) is 0 Å². The number of anilines is 1. The maximum absolute atomic E-state index is 13.6. The smallest absolute Gasteiger partial charge is 0.259 e. The van der Waals surface area contributed by atoms with Gasteiger partial charge in [-0.25, -0.2) is 9.37 Å². The fourth-order valence-corrected chi connectivity index (χ4v) is 1.79. The summed E-state index contributed by atoms with van der Waals surface area (Å²) in [5.74, 6) is -0.685. The van der Waals surface area contributed by atoms with Gasteiger partial charge in [-0.1, -0.05) is 15.9 Å². The number of amides is 1. The molecule has 3 nitrogen and oxygen atoms in total. The number of hydrogen-bond acceptors (Lipinski definition) is 2. The van der Waals surface area contributed by atoms with E-state index in [0.29, 0.717) is 10.3 Å². The molecule has 0 saturated heterocycles. The number of benzene rings is 1. The first-order valence-electron chi connectivity index (χ1n) is 5.25. The molecule has 0 fully saturated rings. The molecule has 1 N–H and O–H groups in total. The minimum absolute atomic E-state index is 0.0125. The largest absolute Gasteiger partial charge is 0.306 e. The van der Waals surface area contributed by atoms with Gasteiger partial charge < -0.3 is 5.32 Å². The van der Waals surface area contributed by atoms with Crippen molar-refractivity contribution in [3.8, 4) is 0 Å². The Morgan fingerprint density at radius 3 is 2.78 bits per heavy atom. The Balaban J connectivity index is 2.22. The number of hydrogen-bond donors (Lipinski definition) is 1. The van der Waals surface area contributed by atoms with Crippen molar-refractivity contribution in [1.29, 1.82) is 0 Å². The fraction of sp³-hybridized carbons (Fsp3) is 0.0769. The van der Waals surface area contributed by atoms with Crippen LogP contribution in [0.4, 0.5) is 10.2 Å². The topological polar surface area (TPSA) is 42.0 Å². The Bertz CT molecular complexity index is 601. The lowest BCUT2D eigenvalue weighted by Gasteiger charge is -2.06. The van der Waals surface area contributed by atoms with Crippen LogP contribution in [0, 0.1) is 12.7 Å². The van der Waals surface area contributed by atoms with Crippen molar-refractivity contribution in [2.45, 2.75) is 6.92 Å². The molecule has 1 aromatic carbocycles. The molecule has 2 rings (SSSR count). The standard InChI is InChI=1S/C13H10BrFN2O/c1-8-4-5-16-12(6-8)17-13(18)10-3-2-9(14)7-11(10)15/h2-7H,1H3,(H,16,17,18). The second kappa shape index (κ2) is 5.27. The lowest BCUT2D eigenvalue weighted by atomic mass is 10.2. The maximum Gasteiger partial charge on any atom is 0.259 e. The van der Waals surface area contributed by atoms with Gasteiger partial charge in [-0.05, 0) is 42.8 Å². The number of carbonyl (C=O) groups is 1. The van der Waals surface area contributed by atoms with Crippen LogP contribution in [0.15, 0.2) is 41.0 Å². The minimum Gasteiger partial charge on any atom is -0.306 e. The summed E-state index contributed by atoms with van der Waals surface area (Å²) in [7, 11) is 0. The van der Waals surface area contributed by atoms with Crippen molar-refractivity contribution >= 4 is 27.7 Å². The van der Waals surface area contributed by atoms with E-state index < -0.39 is 11.7 Å². The molecule has 0 saturated carbocycles. The van der Waals surface area contributed by atoms with E-state index in [1.54, 1.807) is 18.3 Å². The zero-order chi connectivity index (χ0) is 13.1. The molecule has 0 atom stereocenters. The van der Waals surface area contributed by atoms with Crippen LogP contribution < -0.4 is 5.32 Å². The van der Waals surface area contributed by atoms with E-state index in [1.165, 1.54) is 12.1 Å². The number of halogens is 2. The molecule has 5 heteroatoms. The average molecular weight is 309 g/mol. The summed E-state index contributed by atoms with van der Waals surface area (Å²) < 4.78 is 14.2. The van der Waals surface area contributed by atoms with Crippen LogP contribution in [-0.4, -0.2) is 10.9 Å². The third-order valence-electron chi connectivity index (χ3n) is 2.33. The second-order valence-electron chi connectivity index (χ2n) is 3.80. The Morgan fingerprint density at radius 2 is 2.11 bits per heavy atom. The highest BCUT2D eigenvalue weighted by Crippen LogP contribution is 2.16. The Morgan fingerprint density at radius 1 is 1.33 bits per heavy atom. The van der Waals surface area contributed by atoms with Gasteiger partial charge in [0.25, 0.3) is 5.91 Å². The number of carbonyl (C=O) groups excluding carboxylic acids is 1. The molecule has 1 aromatic heterocycles. The number of rotatable bonds is 2. The third-order valence-corrected chi connectivity index (χ3v) is 2.83. The van der Waals surface area contributed by atoms with Gasteiger partial charge in [0.1, 0.15) is 11.6 Å². The Labute approximate surface area is 112 Å². The number of aryl methyl sites for hydroxylation is 1. The number of nitrogens with zero attached hydrogens (tertiary/aromatic N) is 1. The SMILES string of the molecule is Cc1ccnc(NC(=O)c2ccc(Br)cc2F)c1. The zero-order valence-electron chi connectivity index (χ0n) is 9.58. The normalized spacial score (nSPS) is 10.2. The van der Waals surface area contributed by atoms with Gasteiger partial charge in [-0.3, -0.25) is 4.79 Å². The van der Waals surface area contributed by atoms with Crippen molar-refractivity contribution in [3.63, 3.8) is 0 Å². The highest BCUT2D eigenvalue weighted by Gasteiger charge is 2.12. The van der Waals surface area contributed by atoms with Gasteiger partial charge in [0.2, 0.25) is 0 Å². The van der Waals surface area contributed by atoms with Crippen LogP contribution in [-0.2, 0) is 0 Å². The van der Waals surface area contributed by atoms with Gasteiger partial charge in [-0.15, -0.1) is 0 Å². The molecular formula is C13H10BrFN2O. The summed E-state index contributed by atoms with van der Waals surface area (Å²) in [6.07, 6.45) is 1.59. The van der Waals surface area contributed by atoms with E-state index in [-0.39, 0.29) is 5.56 Å². The zero-order valence-corrected chi connectivity index (χ0v) is 11.2. The van der Waals surface area contributed by atoms with E-state index in [1.807, 2.05) is 13.0 Å². The second-order valence-corrected chi connectivity index (χ2v) is 4.71. The van der Waals surface area contributed by atoms with E-state index in [0.717, 1.165) is 5.56 Å². The van der Waals surface area contributed by atoms with Crippen molar-refractivity contribution in [3.05, 3.63) is 57.9 Å². The van der Waals surface area contributed by atoms with E-state index in [9.17, 15) is 9.18 Å². The quantitative estimate of drug-likeness (QED) is 0.922. The monoisotopic (exact) mass is 308 g/mol. The molecular weight excluding hydrogens is 299 g/mol. The van der Waals surface area contributed by atoms with Crippen molar-refractivity contribution in [2.24, 2.45) is 0 Å². The summed E-state index contributed by atoms with van der Waals surface area (Å²) in [6, 6.07) is 7.81. The molecule has 18 heavy (non-hydrogen) atoms. The number of aromatic nitrogens is 1. The molecule has 0 bridgehead atoms. The van der Waals surface area contributed by atoms with Gasteiger partial charge in [-0.2, -0.15) is 0 Å². The number of nitrogens with one attached hydrogen (secondary N) is 1. The van der Waals surface area contributed by atoms with Crippen molar-refractivity contribution in [2.75, 3.05) is 5.32 Å². The van der Waals surface area contributed by atoms with Crippen LogP contribution in [0.5, 0.6) is 0 Å². The molecule has 0 aliphatic carbocycles. The molecule has 0 spiro atoms. The molecule has 0 unspecified atom stereocenters. The minimum atomic E-state index is -0.575. The molecule has 0 aliphatic rings. The predicted octanol–water partition coefficient (Wildman–Crippen LogP) is 3.54. The van der Waals surface area contributed by atoms with Gasteiger partial charge in [0.15, 0.2) is 0 Å². The predicted molar refractivity (Wildman–Crippen MR) is 71.0 cm³/mol. The molecule has 0 radical (unpaired) electrons. The number of pyridine rings is 1. The van der Waals surface area contributed by atoms with Crippen LogP contribution >= 0.6 is 15.9 Å². The lowest BCUT2D eigenvalue weighted by Crippen LogP contribution is -2.14. The summed E-state index contributed by atoms with van der Waals surface area (Å²) in [4.78, 5) is 15.8. The Kier molecular flexibility index (Phi) is 3.72. The third kappa shape index (κ3) is 2.92. The summed E-state index contributed by atoms with van der Waals surface area (Å²) in [5, 5.41) is 2.55. The summed E-state index contributed by atoms with van der Waals surface area (Å²) >= 11 is 3.14. The first kappa shape index (κ1) is 12.7. The first-order chi connectivity index (χ1) is 8.56. The van der Waals surface area contributed by atoms with Gasteiger partial charge in [0.05, 0.1) is 5.56 Å². The van der Waals surface area contributed by atoms with Gasteiger partial charge in [0, 0.05) is 10.7 Å². The fourth-order valence-electron chi connectivity index (χ4n) is 1.46. The van der Waals surface area contributed by atoms with Crippen LogP contribution in [0.3, 0.4) is 0 Å². The summed E-state index contributed by atoms with van der Waals surface area (Å²) in [6.45, 7) is 1.89. The summed E-state index contributed by atoms with van der Waals surface area (Å²) in [5.41, 5.74) is 0.957. The lowest BCUT2D eigenvalue weighted by molar-refractivity contribution is 0.102. The van der Waals surface area contributed by atoms with Gasteiger partial charge >= 0.3 is 0 Å². The van der Waals surface area contributed by atoms with E-state index in [2.05, 4.69) is 26.2 Å². The first-order valence-corrected chi connectivity index (χ1v) is 6.04. The molecule has 1 heterocycles. The highest BCUT2D eigenvalue weighted by atomic mass is 79.9. The highest BCUT2D eigenvalue weighted by molar-refractivity contribution is 9.10. The van der Waals surface area contributed by atoms with Crippen LogP contribution in [0.1, 0.15) is 15.9 Å². The molecule has 1 amide bonds. The van der Waals surface area contributed by atoms with Crippen LogP contribution in [0.2, 0.25) is 0 Å². The average Bonchev–Trinajstić information content (AvgIpc) is 2.28. The van der Waals surface area contributed by atoms with Crippen molar-refractivity contribution < 1.29 is 9.18 Å². The molecule has 0 aliphatic heterocycles. The molecule has 2 aromatic rings. The van der Waals surface area contributed by atoms with E-state index >= 15 is 0 Å². The maximum atomic E-state index is 13.6. The Hall–Kier alpha value is -1.75. The van der Waals surface area contributed by atoms with Crippen molar-refractivity contribution in [1.82, 2.24) is 4.98 Å². The molecule has 92 valence electrons. The van der Waals surface area contributed by atoms with Crippen LogP contribution in [0.25, 0.3) is 0 Å².